The Hall–Kier alpha value is -3.85. The molecule has 0 atom stereocenters. The molecule has 0 spiro atoms. The first-order chi connectivity index (χ1) is 15.4. The number of aromatic carboxylic acids is 1. The number of aromatic hydroxyl groups is 1. The van der Waals surface area contributed by atoms with E-state index >= 15 is 0 Å². The SMILES string of the molecule is CC(C)c1ccc(C(c2ccccc2)(c2ccccc2)c2ccc(O)c(C(=O)O)c2)cc1. The van der Waals surface area contributed by atoms with E-state index < -0.39 is 11.4 Å². The Bertz CT molecular complexity index is 1170. The average molecular weight is 423 g/mol. The largest absolute Gasteiger partial charge is 0.507 e. The van der Waals surface area contributed by atoms with E-state index in [4.69, 9.17) is 0 Å². The number of carboxylic acids is 1. The second-order valence-electron chi connectivity index (χ2n) is 8.30. The summed E-state index contributed by atoms with van der Waals surface area (Å²) in [4.78, 5) is 11.9. The van der Waals surface area contributed by atoms with Crippen LogP contribution in [0.1, 0.15) is 57.9 Å². The average Bonchev–Trinajstić information content (AvgIpc) is 2.82. The lowest BCUT2D eigenvalue weighted by molar-refractivity contribution is 0.0693. The smallest absolute Gasteiger partial charge is 0.339 e. The standard InChI is InChI=1S/C29H26O3/c1-20(2)21-13-15-24(16-14-21)29(22-9-5-3-6-10-22,23-11-7-4-8-12-23)25-17-18-27(30)26(19-25)28(31)32/h3-20,30H,1-2H3,(H,31,32). The lowest BCUT2D eigenvalue weighted by atomic mass is 9.64. The van der Waals surface area contributed by atoms with Gasteiger partial charge in [0.25, 0.3) is 0 Å². The summed E-state index contributed by atoms with van der Waals surface area (Å²) in [6.45, 7) is 4.32. The normalized spacial score (nSPS) is 11.5. The zero-order valence-corrected chi connectivity index (χ0v) is 18.2. The maximum atomic E-state index is 11.9. The molecule has 0 saturated heterocycles. The van der Waals surface area contributed by atoms with Crippen molar-refractivity contribution in [3.63, 3.8) is 0 Å². The monoisotopic (exact) mass is 422 g/mol. The lowest BCUT2D eigenvalue weighted by Gasteiger charge is -2.37. The third kappa shape index (κ3) is 3.67. The molecule has 0 bridgehead atoms. The zero-order chi connectivity index (χ0) is 22.7. The molecule has 0 aliphatic carbocycles. The van der Waals surface area contributed by atoms with Crippen LogP contribution in [-0.2, 0) is 5.41 Å². The van der Waals surface area contributed by atoms with Gasteiger partial charge in [0.15, 0.2) is 0 Å². The Balaban J connectivity index is 2.12. The maximum Gasteiger partial charge on any atom is 0.339 e. The highest BCUT2D eigenvalue weighted by atomic mass is 16.4. The topological polar surface area (TPSA) is 57.5 Å². The number of benzene rings is 4. The summed E-state index contributed by atoms with van der Waals surface area (Å²) < 4.78 is 0. The summed E-state index contributed by atoms with van der Waals surface area (Å²) in [7, 11) is 0. The fourth-order valence-corrected chi connectivity index (χ4v) is 4.43. The molecule has 32 heavy (non-hydrogen) atoms. The summed E-state index contributed by atoms with van der Waals surface area (Å²) in [6.07, 6.45) is 0. The van der Waals surface area contributed by atoms with Crippen LogP contribution >= 0.6 is 0 Å². The van der Waals surface area contributed by atoms with E-state index in [1.807, 2.05) is 42.5 Å². The summed E-state index contributed by atoms with van der Waals surface area (Å²) >= 11 is 0. The quantitative estimate of drug-likeness (QED) is 0.344. The fourth-order valence-electron chi connectivity index (χ4n) is 4.43. The minimum Gasteiger partial charge on any atom is -0.507 e. The van der Waals surface area contributed by atoms with Crippen LogP contribution in [0.5, 0.6) is 5.75 Å². The molecular formula is C29H26O3. The molecule has 0 unspecified atom stereocenters. The Morgan fingerprint density at radius 1 is 0.688 bits per heavy atom. The van der Waals surface area contributed by atoms with Crippen molar-refractivity contribution in [3.05, 3.63) is 137 Å². The van der Waals surface area contributed by atoms with Gasteiger partial charge in [-0.1, -0.05) is 105 Å². The van der Waals surface area contributed by atoms with Gasteiger partial charge in [0, 0.05) is 0 Å². The van der Waals surface area contributed by atoms with Crippen molar-refractivity contribution in [3.8, 4) is 5.75 Å². The number of phenols is 1. The number of hydrogen-bond donors (Lipinski definition) is 2. The molecule has 0 fully saturated rings. The van der Waals surface area contributed by atoms with Gasteiger partial charge in [-0.05, 0) is 45.9 Å². The van der Waals surface area contributed by atoms with Gasteiger partial charge in [-0.3, -0.25) is 0 Å². The molecule has 0 radical (unpaired) electrons. The highest BCUT2D eigenvalue weighted by Gasteiger charge is 2.39. The van der Waals surface area contributed by atoms with Gasteiger partial charge in [-0.2, -0.15) is 0 Å². The number of carboxylic acid groups (broad SMARTS) is 1. The van der Waals surface area contributed by atoms with Gasteiger partial charge in [0.2, 0.25) is 0 Å². The first-order valence-corrected chi connectivity index (χ1v) is 10.7. The van der Waals surface area contributed by atoms with Crippen LogP contribution in [0.2, 0.25) is 0 Å². The van der Waals surface area contributed by atoms with Crippen molar-refractivity contribution < 1.29 is 15.0 Å². The van der Waals surface area contributed by atoms with E-state index in [0.29, 0.717) is 5.92 Å². The van der Waals surface area contributed by atoms with Crippen LogP contribution in [0.3, 0.4) is 0 Å². The van der Waals surface area contributed by atoms with E-state index in [1.54, 1.807) is 6.07 Å². The summed E-state index contributed by atoms with van der Waals surface area (Å²) in [5.41, 5.74) is 4.22. The Kier molecular flexibility index (Phi) is 5.83. The van der Waals surface area contributed by atoms with Crippen LogP contribution < -0.4 is 0 Å². The molecule has 0 saturated carbocycles. The predicted octanol–water partition coefficient (Wildman–Crippen LogP) is 6.60. The van der Waals surface area contributed by atoms with Crippen LogP contribution in [0.15, 0.2) is 103 Å². The Morgan fingerprint density at radius 2 is 1.16 bits per heavy atom. The lowest BCUT2D eigenvalue weighted by Crippen LogP contribution is -2.31. The molecular weight excluding hydrogens is 396 g/mol. The fraction of sp³-hybridized carbons (Fsp3) is 0.138. The maximum absolute atomic E-state index is 11.9. The number of hydrogen-bond acceptors (Lipinski definition) is 2. The number of rotatable bonds is 6. The molecule has 0 aliphatic heterocycles. The Morgan fingerprint density at radius 3 is 1.62 bits per heavy atom. The van der Waals surface area contributed by atoms with Crippen molar-refractivity contribution in [2.45, 2.75) is 25.2 Å². The Labute approximate surface area is 188 Å². The molecule has 0 amide bonds. The van der Waals surface area contributed by atoms with Crippen LogP contribution in [-0.4, -0.2) is 16.2 Å². The second kappa shape index (κ2) is 8.72. The molecule has 0 aromatic heterocycles. The van der Waals surface area contributed by atoms with Crippen molar-refractivity contribution in [1.82, 2.24) is 0 Å². The zero-order valence-electron chi connectivity index (χ0n) is 18.2. The predicted molar refractivity (Wildman–Crippen MR) is 127 cm³/mol. The summed E-state index contributed by atoms with van der Waals surface area (Å²) in [6, 6.07) is 33.6. The van der Waals surface area contributed by atoms with Gasteiger partial charge < -0.3 is 10.2 Å². The van der Waals surface area contributed by atoms with E-state index in [0.717, 1.165) is 22.3 Å². The van der Waals surface area contributed by atoms with Gasteiger partial charge in [0.05, 0.1) is 5.41 Å². The van der Waals surface area contributed by atoms with Crippen LogP contribution in [0.25, 0.3) is 0 Å². The van der Waals surface area contributed by atoms with E-state index in [2.05, 4.69) is 62.4 Å². The highest BCUT2D eigenvalue weighted by Crippen LogP contribution is 2.46. The van der Waals surface area contributed by atoms with Crippen molar-refractivity contribution in [2.24, 2.45) is 0 Å². The van der Waals surface area contributed by atoms with Gasteiger partial charge in [0.1, 0.15) is 11.3 Å². The third-order valence-electron chi connectivity index (χ3n) is 6.08. The molecule has 0 heterocycles. The summed E-state index contributed by atoms with van der Waals surface area (Å²) in [5, 5.41) is 19.9. The molecule has 4 aromatic rings. The van der Waals surface area contributed by atoms with E-state index in [9.17, 15) is 15.0 Å². The molecule has 4 rings (SSSR count). The molecule has 160 valence electrons. The first-order valence-electron chi connectivity index (χ1n) is 10.7. The van der Waals surface area contributed by atoms with Crippen molar-refractivity contribution in [1.29, 1.82) is 0 Å². The molecule has 3 nitrogen and oxygen atoms in total. The third-order valence-corrected chi connectivity index (χ3v) is 6.08. The first kappa shape index (κ1) is 21.4. The summed E-state index contributed by atoms with van der Waals surface area (Å²) in [5.74, 6) is -1.000. The van der Waals surface area contributed by atoms with E-state index in [-0.39, 0.29) is 11.3 Å². The van der Waals surface area contributed by atoms with Gasteiger partial charge in [-0.25, -0.2) is 4.79 Å². The molecule has 2 N–H and O–H groups in total. The van der Waals surface area contributed by atoms with Gasteiger partial charge >= 0.3 is 5.97 Å². The van der Waals surface area contributed by atoms with Crippen molar-refractivity contribution in [2.75, 3.05) is 0 Å². The molecule has 0 aliphatic rings. The second-order valence-corrected chi connectivity index (χ2v) is 8.30. The van der Waals surface area contributed by atoms with E-state index in [1.165, 1.54) is 11.6 Å². The molecule has 3 heteroatoms. The minimum absolute atomic E-state index is 0.113. The number of carbonyl (C=O) groups is 1. The van der Waals surface area contributed by atoms with Crippen LogP contribution in [0, 0.1) is 0 Å². The highest BCUT2D eigenvalue weighted by molar-refractivity contribution is 5.91. The van der Waals surface area contributed by atoms with Crippen molar-refractivity contribution >= 4 is 5.97 Å². The molecule has 4 aromatic carbocycles. The minimum atomic E-state index is -1.16. The van der Waals surface area contributed by atoms with Crippen LogP contribution in [0.4, 0.5) is 0 Å². The van der Waals surface area contributed by atoms with Gasteiger partial charge in [-0.15, -0.1) is 0 Å².